The summed E-state index contributed by atoms with van der Waals surface area (Å²) in [5, 5.41) is 3.64. The van der Waals surface area contributed by atoms with E-state index in [1.54, 1.807) is 6.20 Å². The molecule has 0 aliphatic rings. The Balaban J connectivity index is 2.08. The average molecular weight is 358 g/mol. The maximum absolute atomic E-state index is 12.3. The monoisotopic (exact) mass is 358 g/mol. The van der Waals surface area contributed by atoms with Crippen LogP contribution in [0.4, 0.5) is 0 Å². The van der Waals surface area contributed by atoms with E-state index in [9.17, 15) is 14.4 Å². The highest BCUT2D eigenvalue weighted by Crippen LogP contribution is 2.22. The predicted octanol–water partition coefficient (Wildman–Crippen LogP) is 2.94. The summed E-state index contributed by atoms with van der Waals surface area (Å²) in [4.78, 5) is 36.0. The van der Waals surface area contributed by atoms with Gasteiger partial charge in [-0.3, -0.25) is 9.59 Å². The van der Waals surface area contributed by atoms with Gasteiger partial charge in [0.25, 0.3) is 0 Å². The Kier molecular flexibility index (Phi) is 6.55. The van der Waals surface area contributed by atoms with E-state index in [-0.39, 0.29) is 24.0 Å². The van der Waals surface area contributed by atoms with Gasteiger partial charge in [-0.2, -0.15) is 0 Å². The number of carbonyl (C=O) groups is 3. The first-order valence-electron chi connectivity index (χ1n) is 8.79. The normalized spacial score (nSPS) is 12.2. The summed E-state index contributed by atoms with van der Waals surface area (Å²) < 4.78 is 6.67. The second kappa shape index (κ2) is 8.65. The van der Waals surface area contributed by atoms with E-state index in [2.05, 4.69) is 5.32 Å². The number of benzene rings is 1. The molecule has 1 atom stereocenters. The Hall–Kier alpha value is -2.63. The number of ether oxygens (including phenoxy) is 1. The summed E-state index contributed by atoms with van der Waals surface area (Å²) in [5.74, 6) is -0.404. The van der Waals surface area contributed by atoms with Crippen molar-refractivity contribution in [3.63, 3.8) is 0 Å². The van der Waals surface area contributed by atoms with Gasteiger partial charge in [0.2, 0.25) is 5.91 Å². The minimum atomic E-state index is -0.637. The van der Waals surface area contributed by atoms with Crippen molar-refractivity contribution >= 4 is 28.6 Å². The largest absolute Gasteiger partial charge is 0.467 e. The molecule has 0 saturated heterocycles. The second-order valence-corrected chi connectivity index (χ2v) is 6.83. The lowest BCUT2D eigenvalue weighted by Crippen LogP contribution is -2.42. The number of aryl methyl sites for hydroxylation is 1. The van der Waals surface area contributed by atoms with Crippen molar-refractivity contribution in [3.8, 4) is 0 Å². The van der Waals surface area contributed by atoms with E-state index < -0.39 is 12.0 Å². The maximum atomic E-state index is 12.3. The summed E-state index contributed by atoms with van der Waals surface area (Å²) in [5.41, 5.74) is 1.56. The highest BCUT2D eigenvalue weighted by atomic mass is 16.5. The van der Waals surface area contributed by atoms with Crippen molar-refractivity contribution in [2.75, 3.05) is 7.11 Å². The first kappa shape index (κ1) is 19.7. The van der Waals surface area contributed by atoms with Crippen LogP contribution in [0, 0.1) is 5.92 Å². The minimum absolute atomic E-state index is 0.00732. The number of Topliss-reactive ketones (excluding diaryl/α,β-unsaturated/α-hetero) is 1. The van der Waals surface area contributed by atoms with E-state index >= 15 is 0 Å². The molecule has 0 fully saturated rings. The molecule has 2 aromatic rings. The summed E-state index contributed by atoms with van der Waals surface area (Å²) in [6.45, 7) is 5.93. The molecule has 0 bridgehead atoms. The van der Waals surface area contributed by atoms with Gasteiger partial charge in [0.05, 0.1) is 7.11 Å². The third-order valence-corrected chi connectivity index (χ3v) is 4.28. The number of hydrogen-bond acceptors (Lipinski definition) is 4. The Morgan fingerprint density at radius 2 is 1.88 bits per heavy atom. The fourth-order valence-corrected chi connectivity index (χ4v) is 3.03. The molecule has 1 heterocycles. The van der Waals surface area contributed by atoms with Gasteiger partial charge in [-0.25, -0.2) is 4.79 Å². The van der Waals surface area contributed by atoms with Crippen molar-refractivity contribution in [1.29, 1.82) is 0 Å². The first-order valence-corrected chi connectivity index (χ1v) is 8.79. The van der Waals surface area contributed by atoms with Gasteiger partial charge in [-0.15, -0.1) is 0 Å². The lowest BCUT2D eigenvalue weighted by molar-refractivity contribution is -0.145. The predicted molar refractivity (Wildman–Crippen MR) is 100.0 cm³/mol. The molecule has 0 spiro atoms. The molecule has 1 aromatic heterocycles. The summed E-state index contributed by atoms with van der Waals surface area (Å²) in [6, 6.07) is 6.98. The molecular formula is C20H26N2O4. The fraction of sp³-hybridized carbons (Fsp3) is 0.450. The highest BCUT2D eigenvalue weighted by molar-refractivity contribution is 6.07. The van der Waals surface area contributed by atoms with Gasteiger partial charge in [-0.05, 0) is 25.3 Å². The van der Waals surface area contributed by atoms with Gasteiger partial charge in [0.1, 0.15) is 6.04 Å². The van der Waals surface area contributed by atoms with Gasteiger partial charge < -0.3 is 14.6 Å². The van der Waals surface area contributed by atoms with E-state index in [0.29, 0.717) is 18.5 Å². The Bertz CT molecular complexity index is 807. The minimum Gasteiger partial charge on any atom is -0.467 e. The van der Waals surface area contributed by atoms with Crippen LogP contribution in [0.25, 0.3) is 10.9 Å². The number of aromatic nitrogens is 1. The number of ketones is 1. The van der Waals surface area contributed by atoms with Crippen LogP contribution < -0.4 is 5.32 Å². The van der Waals surface area contributed by atoms with Gasteiger partial charge in [-0.1, -0.05) is 32.0 Å². The number of methoxy groups -OCH3 is 1. The molecule has 6 nitrogen and oxygen atoms in total. The lowest BCUT2D eigenvalue weighted by atomic mass is 10.0. The molecule has 0 aliphatic heterocycles. The Morgan fingerprint density at radius 1 is 1.19 bits per heavy atom. The zero-order valence-corrected chi connectivity index (χ0v) is 15.7. The number of esters is 1. The number of amides is 1. The molecule has 1 amide bonds. The van der Waals surface area contributed by atoms with Crippen molar-refractivity contribution in [2.24, 2.45) is 5.92 Å². The molecule has 0 unspecified atom stereocenters. The van der Waals surface area contributed by atoms with E-state index in [0.717, 1.165) is 10.9 Å². The smallest absolute Gasteiger partial charge is 0.328 e. The van der Waals surface area contributed by atoms with Crippen molar-refractivity contribution in [1.82, 2.24) is 9.88 Å². The topological polar surface area (TPSA) is 77.4 Å². The number of nitrogens with zero attached hydrogens (tertiary/aromatic N) is 1. The zero-order valence-electron chi connectivity index (χ0n) is 15.7. The molecule has 0 saturated carbocycles. The summed E-state index contributed by atoms with van der Waals surface area (Å²) in [6.07, 6.45) is 2.52. The summed E-state index contributed by atoms with van der Waals surface area (Å²) >= 11 is 0. The molecule has 26 heavy (non-hydrogen) atoms. The number of nitrogens with one attached hydrogen (secondary N) is 1. The van der Waals surface area contributed by atoms with Gasteiger partial charge >= 0.3 is 5.97 Å². The molecule has 0 aliphatic carbocycles. The van der Waals surface area contributed by atoms with Gasteiger partial charge in [0.15, 0.2) is 5.78 Å². The summed E-state index contributed by atoms with van der Waals surface area (Å²) in [7, 11) is 1.32. The number of hydrogen-bond donors (Lipinski definition) is 1. The maximum Gasteiger partial charge on any atom is 0.328 e. The van der Waals surface area contributed by atoms with E-state index in [1.165, 1.54) is 14.0 Å². The van der Waals surface area contributed by atoms with Crippen LogP contribution in [0.15, 0.2) is 30.5 Å². The van der Waals surface area contributed by atoms with Crippen LogP contribution in [0.1, 0.15) is 44.0 Å². The molecule has 1 aromatic carbocycles. The van der Waals surface area contributed by atoms with Crippen LogP contribution in [-0.2, 0) is 20.9 Å². The molecule has 140 valence electrons. The number of para-hydroxylation sites is 1. The van der Waals surface area contributed by atoms with Crippen molar-refractivity contribution < 1.29 is 19.1 Å². The third kappa shape index (κ3) is 4.71. The number of carbonyl (C=O) groups excluding carboxylic acids is 3. The van der Waals surface area contributed by atoms with Crippen LogP contribution in [0.5, 0.6) is 0 Å². The molecule has 6 heteroatoms. The average Bonchev–Trinajstić information content (AvgIpc) is 2.97. The van der Waals surface area contributed by atoms with E-state index in [1.807, 2.05) is 42.7 Å². The molecule has 0 radical (unpaired) electrons. The van der Waals surface area contributed by atoms with E-state index in [4.69, 9.17) is 4.74 Å². The number of rotatable bonds is 8. The quantitative estimate of drug-likeness (QED) is 0.581. The third-order valence-electron chi connectivity index (χ3n) is 4.28. The van der Waals surface area contributed by atoms with Crippen LogP contribution in [0.2, 0.25) is 0 Å². The number of fused-ring (bicyclic) bond motifs is 1. The molecule has 1 N–H and O–H groups in total. The molecular weight excluding hydrogens is 332 g/mol. The fourth-order valence-electron chi connectivity index (χ4n) is 3.03. The lowest BCUT2D eigenvalue weighted by Gasteiger charge is -2.18. The first-order chi connectivity index (χ1) is 12.3. The second-order valence-electron chi connectivity index (χ2n) is 6.83. The molecule has 2 rings (SSSR count). The van der Waals surface area contributed by atoms with Crippen molar-refractivity contribution in [2.45, 2.75) is 46.2 Å². The Morgan fingerprint density at radius 3 is 2.50 bits per heavy atom. The van der Waals surface area contributed by atoms with Crippen LogP contribution in [0.3, 0.4) is 0 Å². The highest BCUT2D eigenvalue weighted by Gasteiger charge is 2.22. The SMILES string of the molecule is COC(=O)[C@H](CC(C)C)NC(=O)CCn1cc(C(C)=O)c2ccccc21. The Labute approximate surface area is 153 Å². The zero-order chi connectivity index (χ0) is 19.3. The van der Waals surface area contributed by atoms with Crippen LogP contribution in [-0.4, -0.2) is 35.4 Å². The standard InChI is InChI=1S/C20H26N2O4/c1-13(2)11-17(20(25)26-4)21-19(24)9-10-22-12-16(14(3)23)15-7-5-6-8-18(15)22/h5-8,12-13,17H,9-11H2,1-4H3,(H,21,24)/t17-/m0/s1. The van der Waals surface area contributed by atoms with Crippen molar-refractivity contribution in [3.05, 3.63) is 36.0 Å². The van der Waals surface area contributed by atoms with Gasteiger partial charge in [0, 0.05) is 35.6 Å². The van der Waals surface area contributed by atoms with Crippen LogP contribution >= 0.6 is 0 Å².